The summed E-state index contributed by atoms with van der Waals surface area (Å²) in [5, 5.41) is 7.40. The summed E-state index contributed by atoms with van der Waals surface area (Å²) in [6.07, 6.45) is 0.0970. The lowest BCUT2D eigenvalue weighted by Crippen LogP contribution is -2.29. The summed E-state index contributed by atoms with van der Waals surface area (Å²) >= 11 is 0. The van der Waals surface area contributed by atoms with Gasteiger partial charge in [0.2, 0.25) is 11.8 Å². The molecule has 5 rings (SSSR count). The van der Waals surface area contributed by atoms with Crippen LogP contribution in [0.15, 0.2) is 54.6 Å². The van der Waals surface area contributed by atoms with Gasteiger partial charge in [0.15, 0.2) is 9.84 Å². The predicted molar refractivity (Wildman–Crippen MR) is 120 cm³/mol. The van der Waals surface area contributed by atoms with Crippen LogP contribution in [0.5, 0.6) is 0 Å². The molecule has 164 valence electrons. The molecule has 32 heavy (non-hydrogen) atoms. The number of para-hydroxylation sites is 1. The smallest absolute Gasteiger partial charge is 0.230 e. The number of amides is 2. The van der Waals surface area contributed by atoms with Crippen LogP contribution >= 0.6 is 0 Å². The highest BCUT2D eigenvalue weighted by Gasteiger charge is 2.38. The second-order valence-corrected chi connectivity index (χ2v) is 10.4. The number of nitrogens with one attached hydrogen (secondary N) is 1. The van der Waals surface area contributed by atoms with Gasteiger partial charge < -0.3 is 10.2 Å². The van der Waals surface area contributed by atoms with E-state index in [0.29, 0.717) is 17.1 Å². The minimum Gasteiger partial charge on any atom is -0.312 e. The molecule has 1 saturated heterocycles. The van der Waals surface area contributed by atoms with E-state index in [-0.39, 0.29) is 36.3 Å². The first-order chi connectivity index (χ1) is 15.3. The normalized spacial score (nSPS) is 19.2. The number of benzene rings is 2. The predicted octanol–water partition coefficient (Wildman–Crippen LogP) is 2.60. The van der Waals surface area contributed by atoms with Crippen molar-refractivity contribution in [3.8, 4) is 5.69 Å². The van der Waals surface area contributed by atoms with Crippen molar-refractivity contribution < 1.29 is 18.0 Å². The molecule has 1 fully saturated rings. The zero-order chi connectivity index (χ0) is 22.5. The molecule has 0 bridgehead atoms. The number of aryl methyl sites for hydroxylation is 1. The van der Waals surface area contributed by atoms with Crippen LogP contribution in [0.4, 0.5) is 11.5 Å². The van der Waals surface area contributed by atoms with Crippen molar-refractivity contribution in [1.29, 1.82) is 0 Å². The summed E-state index contributed by atoms with van der Waals surface area (Å²) in [5.74, 6) is -0.925. The third-order valence-corrected chi connectivity index (χ3v) is 7.28. The number of aromatic nitrogens is 2. The van der Waals surface area contributed by atoms with Gasteiger partial charge in [-0.2, -0.15) is 5.10 Å². The van der Waals surface area contributed by atoms with Gasteiger partial charge in [-0.15, -0.1) is 0 Å². The van der Waals surface area contributed by atoms with Crippen molar-refractivity contribution >= 4 is 33.2 Å². The number of carbonyl (C=O) groups excluding carboxylic acids is 2. The lowest BCUT2D eigenvalue weighted by molar-refractivity contribution is -0.122. The molecular formula is C23H22N4O4S. The maximum Gasteiger partial charge on any atom is 0.230 e. The molecule has 2 aliphatic rings. The topological polar surface area (TPSA) is 101 Å². The monoisotopic (exact) mass is 450 g/mol. The molecule has 2 aromatic carbocycles. The second-order valence-electron chi connectivity index (χ2n) is 8.29. The zero-order valence-corrected chi connectivity index (χ0v) is 18.3. The van der Waals surface area contributed by atoms with Gasteiger partial charge in [-0.25, -0.2) is 13.1 Å². The molecule has 2 aliphatic heterocycles. The molecule has 0 saturated carbocycles. The molecule has 2 amide bonds. The van der Waals surface area contributed by atoms with Crippen LogP contribution in [0.2, 0.25) is 0 Å². The van der Waals surface area contributed by atoms with E-state index in [0.717, 1.165) is 16.9 Å². The average Bonchev–Trinajstić information content (AvgIpc) is 3.39. The summed E-state index contributed by atoms with van der Waals surface area (Å²) in [7, 11) is -3.29. The van der Waals surface area contributed by atoms with Crippen LogP contribution in [0.25, 0.3) is 5.69 Å². The molecular weight excluding hydrogens is 428 g/mol. The second kappa shape index (κ2) is 7.59. The molecule has 1 atom stereocenters. The number of carbonyl (C=O) groups is 2. The molecule has 1 N–H and O–H groups in total. The number of hydrogen-bond acceptors (Lipinski definition) is 5. The fourth-order valence-electron chi connectivity index (χ4n) is 4.28. The van der Waals surface area contributed by atoms with Crippen LogP contribution in [-0.2, 0) is 30.9 Å². The highest BCUT2D eigenvalue weighted by molar-refractivity contribution is 7.90. The Balaban J connectivity index is 1.45. The Bertz CT molecular complexity index is 1330. The Kier molecular flexibility index (Phi) is 4.85. The van der Waals surface area contributed by atoms with Gasteiger partial charge in [-0.3, -0.25) is 9.59 Å². The first kappa shape index (κ1) is 20.4. The van der Waals surface area contributed by atoms with E-state index < -0.39 is 15.8 Å². The Hall–Kier alpha value is -3.46. The first-order valence-corrected chi connectivity index (χ1v) is 12.2. The minimum absolute atomic E-state index is 0.0970. The Morgan fingerprint density at radius 2 is 1.81 bits per heavy atom. The van der Waals surface area contributed by atoms with Gasteiger partial charge in [0.05, 0.1) is 28.8 Å². The van der Waals surface area contributed by atoms with Gasteiger partial charge >= 0.3 is 0 Å². The molecule has 8 nitrogen and oxygen atoms in total. The summed E-state index contributed by atoms with van der Waals surface area (Å²) in [6.45, 7) is 2.22. The molecule has 3 heterocycles. The number of nitrogens with zero attached hydrogens (tertiary/aromatic N) is 3. The Morgan fingerprint density at radius 3 is 2.56 bits per heavy atom. The Morgan fingerprint density at radius 1 is 1.06 bits per heavy atom. The van der Waals surface area contributed by atoms with Gasteiger partial charge in [0.25, 0.3) is 0 Å². The lowest BCUT2D eigenvalue weighted by atomic mass is 10.1. The highest BCUT2D eigenvalue weighted by atomic mass is 32.2. The van der Waals surface area contributed by atoms with E-state index in [9.17, 15) is 18.0 Å². The molecule has 9 heteroatoms. The maximum absolute atomic E-state index is 13.2. The number of anilines is 2. The van der Waals surface area contributed by atoms with Crippen LogP contribution in [0.1, 0.15) is 23.2 Å². The lowest BCUT2D eigenvalue weighted by Gasteiger charge is -2.17. The molecule has 0 spiro atoms. The summed E-state index contributed by atoms with van der Waals surface area (Å²) in [5.41, 5.74) is 3.48. The van der Waals surface area contributed by atoms with E-state index in [4.69, 9.17) is 0 Å². The number of sulfone groups is 1. The van der Waals surface area contributed by atoms with Crippen molar-refractivity contribution in [3.63, 3.8) is 0 Å². The molecule has 1 unspecified atom stereocenters. The highest BCUT2D eigenvalue weighted by Crippen LogP contribution is 2.34. The van der Waals surface area contributed by atoms with E-state index in [2.05, 4.69) is 10.4 Å². The van der Waals surface area contributed by atoms with Gasteiger partial charge in [-0.05, 0) is 36.8 Å². The average molecular weight is 451 g/mol. The third kappa shape index (κ3) is 3.69. The van der Waals surface area contributed by atoms with Crippen LogP contribution < -0.4 is 10.2 Å². The van der Waals surface area contributed by atoms with Crippen molar-refractivity contribution in [2.24, 2.45) is 5.92 Å². The standard InChI is InChI=1S/C23H22N4O4S/c1-15-6-5-9-18(10-15)27-22(19-13-32(30,31)14-20(19)25-27)24-23(29)16-11-21(28)26(12-16)17-7-3-2-4-8-17/h2-10,16H,11-14H2,1H3,(H,24,29). The van der Waals surface area contributed by atoms with E-state index in [1.54, 1.807) is 9.58 Å². The van der Waals surface area contributed by atoms with Crippen molar-refractivity contribution in [2.45, 2.75) is 24.9 Å². The number of fused-ring (bicyclic) bond motifs is 1. The molecule has 0 aliphatic carbocycles. The fourth-order valence-corrected chi connectivity index (χ4v) is 5.77. The van der Waals surface area contributed by atoms with Crippen LogP contribution in [-0.4, -0.2) is 36.6 Å². The van der Waals surface area contributed by atoms with Crippen LogP contribution in [0.3, 0.4) is 0 Å². The van der Waals surface area contributed by atoms with Crippen LogP contribution in [0, 0.1) is 12.8 Å². The van der Waals surface area contributed by atoms with Gasteiger partial charge in [0.1, 0.15) is 5.82 Å². The van der Waals surface area contributed by atoms with Gasteiger partial charge in [-0.1, -0.05) is 30.3 Å². The fraction of sp³-hybridized carbons (Fsp3) is 0.261. The first-order valence-electron chi connectivity index (χ1n) is 10.4. The molecule has 0 radical (unpaired) electrons. The summed E-state index contributed by atoms with van der Waals surface area (Å²) < 4.78 is 25.9. The maximum atomic E-state index is 13.2. The molecule has 1 aromatic heterocycles. The van der Waals surface area contributed by atoms with Gasteiger partial charge in [0, 0.05) is 24.2 Å². The summed E-state index contributed by atoms with van der Waals surface area (Å²) in [6, 6.07) is 16.8. The third-order valence-electron chi connectivity index (χ3n) is 5.84. The number of rotatable bonds is 4. The van der Waals surface area contributed by atoms with E-state index >= 15 is 0 Å². The molecule has 3 aromatic rings. The Labute approximate surface area is 185 Å². The summed E-state index contributed by atoms with van der Waals surface area (Å²) in [4.78, 5) is 27.3. The minimum atomic E-state index is -3.29. The van der Waals surface area contributed by atoms with E-state index in [1.807, 2.05) is 61.5 Å². The van der Waals surface area contributed by atoms with E-state index in [1.165, 1.54) is 0 Å². The van der Waals surface area contributed by atoms with Crippen molar-refractivity contribution in [2.75, 3.05) is 16.8 Å². The zero-order valence-electron chi connectivity index (χ0n) is 17.5. The SMILES string of the molecule is Cc1cccc(-n2nc3c(c2NC(=O)C2CC(=O)N(c4ccccc4)C2)CS(=O)(=O)C3)c1. The number of hydrogen-bond donors (Lipinski definition) is 1. The largest absolute Gasteiger partial charge is 0.312 e. The van der Waals surface area contributed by atoms with Crippen molar-refractivity contribution in [3.05, 3.63) is 71.4 Å². The van der Waals surface area contributed by atoms with Crippen molar-refractivity contribution in [1.82, 2.24) is 9.78 Å². The quantitative estimate of drug-likeness (QED) is 0.658.